The van der Waals surface area contributed by atoms with E-state index in [4.69, 9.17) is 4.74 Å². The fraction of sp³-hybridized carbons (Fsp3) is 0.375. The summed E-state index contributed by atoms with van der Waals surface area (Å²) in [6, 6.07) is 7.60. The van der Waals surface area contributed by atoms with E-state index in [-0.39, 0.29) is 11.6 Å². The monoisotopic (exact) mass is 369 g/mol. The van der Waals surface area contributed by atoms with E-state index in [0.717, 1.165) is 16.6 Å². The number of rotatable bonds is 6. The minimum Gasteiger partial charge on any atom is -0.486 e. The van der Waals surface area contributed by atoms with Gasteiger partial charge in [-0.05, 0) is 44.0 Å². The van der Waals surface area contributed by atoms with E-state index in [0.29, 0.717) is 12.6 Å². The van der Waals surface area contributed by atoms with Crippen molar-refractivity contribution in [1.82, 2.24) is 5.32 Å². The summed E-state index contributed by atoms with van der Waals surface area (Å²) in [5, 5.41) is 3.51. The Kier molecular flexibility index (Phi) is 4.62. The van der Waals surface area contributed by atoms with Gasteiger partial charge in [0.1, 0.15) is 6.61 Å². The smallest absolute Gasteiger partial charge is 0.165 e. The van der Waals surface area contributed by atoms with Gasteiger partial charge in [-0.25, -0.2) is 4.39 Å². The molecule has 1 N–H and O–H groups in total. The van der Waals surface area contributed by atoms with Gasteiger partial charge in [-0.15, -0.1) is 11.3 Å². The van der Waals surface area contributed by atoms with E-state index in [1.54, 1.807) is 23.5 Å². The molecule has 0 aliphatic heterocycles. The molecule has 5 heteroatoms. The molecule has 112 valence electrons. The molecule has 0 amide bonds. The van der Waals surface area contributed by atoms with Gasteiger partial charge in [-0.3, -0.25) is 0 Å². The van der Waals surface area contributed by atoms with Crippen LogP contribution >= 0.6 is 27.3 Å². The van der Waals surface area contributed by atoms with Gasteiger partial charge in [0, 0.05) is 32.4 Å². The van der Waals surface area contributed by atoms with Gasteiger partial charge in [0.25, 0.3) is 0 Å². The van der Waals surface area contributed by atoms with E-state index in [2.05, 4.69) is 34.2 Å². The molecule has 2 aromatic rings. The molecular weight excluding hydrogens is 353 g/mol. The third-order valence-corrected chi connectivity index (χ3v) is 5.08. The Balaban J connectivity index is 1.62. The molecule has 0 atom stereocenters. The maximum absolute atomic E-state index is 13.6. The predicted octanol–water partition coefficient (Wildman–Crippen LogP) is 4.79. The molecule has 1 aliphatic carbocycles. The third-order valence-electron chi connectivity index (χ3n) is 3.49. The van der Waals surface area contributed by atoms with Crippen LogP contribution in [0, 0.1) is 12.7 Å². The van der Waals surface area contributed by atoms with E-state index >= 15 is 0 Å². The van der Waals surface area contributed by atoms with Crippen molar-refractivity contribution in [2.75, 3.05) is 0 Å². The fourth-order valence-corrected chi connectivity index (χ4v) is 3.43. The first-order valence-electron chi connectivity index (χ1n) is 7.01. The van der Waals surface area contributed by atoms with Gasteiger partial charge in [0.05, 0.1) is 0 Å². The van der Waals surface area contributed by atoms with Crippen LogP contribution in [0.3, 0.4) is 0 Å². The lowest BCUT2D eigenvalue weighted by Crippen LogP contribution is -2.14. The highest BCUT2D eigenvalue weighted by Crippen LogP contribution is 2.27. The Hall–Kier alpha value is -0.910. The molecule has 0 bridgehead atoms. The van der Waals surface area contributed by atoms with Crippen LogP contribution in [0.1, 0.15) is 28.2 Å². The van der Waals surface area contributed by atoms with Crippen molar-refractivity contribution in [3.63, 3.8) is 0 Å². The van der Waals surface area contributed by atoms with Gasteiger partial charge in [0.2, 0.25) is 0 Å². The Bertz CT molecular complexity index is 639. The summed E-state index contributed by atoms with van der Waals surface area (Å²) in [4.78, 5) is 2.55. The summed E-state index contributed by atoms with van der Waals surface area (Å²) in [7, 11) is 0. The largest absolute Gasteiger partial charge is 0.486 e. The van der Waals surface area contributed by atoms with Crippen molar-refractivity contribution in [3.8, 4) is 5.75 Å². The number of nitrogens with one attached hydrogen (secondary N) is 1. The van der Waals surface area contributed by atoms with Crippen molar-refractivity contribution < 1.29 is 9.13 Å². The second-order valence-electron chi connectivity index (χ2n) is 5.31. The maximum atomic E-state index is 13.6. The zero-order chi connectivity index (χ0) is 14.8. The van der Waals surface area contributed by atoms with Crippen LogP contribution in [0.25, 0.3) is 0 Å². The molecule has 0 spiro atoms. The summed E-state index contributed by atoms with van der Waals surface area (Å²) in [6.45, 7) is 3.40. The minimum atomic E-state index is -0.332. The van der Waals surface area contributed by atoms with Crippen molar-refractivity contribution in [2.45, 2.75) is 39.0 Å². The number of ether oxygens (including phenoxy) is 1. The molecule has 0 radical (unpaired) electrons. The summed E-state index contributed by atoms with van der Waals surface area (Å²) in [6.07, 6.45) is 2.59. The Morgan fingerprint density at radius 1 is 1.38 bits per heavy atom. The summed E-state index contributed by atoms with van der Waals surface area (Å²) in [5.74, 6) is -0.0469. The molecule has 0 unspecified atom stereocenters. The molecule has 1 aromatic heterocycles. The second-order valence-corrected chi connectivity index (χ2v) is 7.57. The Morgan fingerprint density at radius 2 is 2.19 bits per heavy atom. The predicted molar refractivity (Wildman–Crippen MR) is 87.3 cm³/mol. The number of hydrogen-bond acceptors (Lipinski definition) is 3. The van der Waals surface area contributed by atoms with E-state index < -0.39 is 0 Å². The highest BCUT2D eigenvalue weighted by atomic mass is 79.9. The van der Waals surface area contributed by atoms with E-state index in [1.807, 2.05) is 0 Å². The zero-order valence-corrected chi connectivity index (χ0v) is 14.2. The second kappa shape index (κ2) is 6.46. The molecule has 1 aromatic carbocycles. The van der Waals surface area contributed by atoms with Gasteiger partial charge < -0.3 is 10.1 Å². The minimum absolute atomic E-state index is 0.285. The summed E-state index contributed by atoms with van der Waals surface area (Å²) in [5.41, 5.74) is 1.13. The molecule has 21 heavy (non-hydrogen) atoms. The molecule has 1 heterocycles. The average Bonchev–Trinajstić information content (AvgIpc) is 3.22. The Morgan fingerprint density at radius 3 is 2.95 bits per heavy atom. The van der Waals surface area contributed by atoms with Crippen molar-refractivity contribution in [1.29, 1.82) is 0 Å². The zero-order valence-electron chi connectivity index (χ0n) is 11.8. The van der Waals surface area contributed by atoms with Crippen LogP contribution in [0.4, 0.5) is 4.39 Å². The van der Waals surface area contributed by atoms with Gasteiger partial charge >= 0.3 is 0 Å². The molecular formula is C16H17BrFNOS. The van der Waals surface area contributed by atoms with Gasteiger partial charge in [-0.1, -0.05) is 15.9 Å². The van der Waals surface area contributed by atoms with Gasteiger partial charge in [0.15, 0.2) is 11.6 Å². The normalized spacial score (nSPS) is 14.4. The third kappa shape index (κ3) is 4.05. The van der Waals surface area contributed by atoms with E-state index in [9.17, 15) is 4.39 Å². The number of aryl methyl sites for hydroxylation is 1. The SMILES string of the molecule is Cc1sc(CNC2CC2)cc1COc1cc(Br)ccc1F. The highest BCUT2D eigenvalue weighted by molar-refractivity contribution is 9.10. The quantitative estimate of drug-likeness (QED) is 0.790. The lowest BCUT2D eigenvalue weighted by Gasteiger charge is -2.07. The molecule has 2 nitrogen and oxygen atoms in total. The van der Waals surface area contributed by atoms with Crippen LogP contribution in [-0.4, -0.2) is 6.04 Å². The lowest BCUT2D eigenvalue weighted by atomic mass is 10.2. The first-order chi connectivity index (χ1) is 10.1. The van der Waals surface area contributed by atoms with Crippen LogP contribution in [0.15, 0.2) is 28.7 Å². The first-order valence-corrected chi connectivity index (χ1v) is 8.62. The maximum Gasteiger partial charge on any atom is 0.165 e. The summed E-state index contributed by atoms with van der Waals surface area (Å²) >= 11 is 5.11. The molecule has 1 aliphatic rings. The van der Waals surface area contributed by atoms with Crippen LogP contribution in [0.2, 0.25) is 0 Å². The number of thiophene rings is 1. The van der Waals surface area contributed by atoms with Crippen LogP contribution in [-0.2, 0) is 13.2 Å². The van der Waals surface area contributed by atoms with Crippen LogP contribution < -0.4 is 10.1 Å². The molecule has 3 rings (SSSR count). The molecule has 1 fully saturated rings. The first kappa shape index (κ1) is 15.0. The highest BCUT2D eigenvalue weighted by Gasteiger charge is 2.20. The van der Waals surface area contributed by atoms with E-state index in [1.165, 1.54) is 28.7 Å². The number of hydrogen-bond donors (Lipinski definition) is 1. The summed E-state index contributed by atoms with van der Waals surface area (Å²) < 4.78 is 20.1. The number of halogens is 2. The van der Waals surface area contributed by atoms with Crippen molar-refractivity contribution >= 4 is 27.3 Å². The fourth-order valence-electron chi connectivity index (χ4n) is 2.09. The number of benzene rings is 1. The topological polar surface area (TPSA) is 21.3 Å². The molecule has 1 saturated carbocycles. The van der Waals surface area contributed by atoms with Crippen molar-refractivity contribution in [2.24, 2.45) is 0 Å². The average molecular weight is 370 g/mol. The lowest BCUT2D eigenvalue weighted by molar-refractivity contribution is 0.290. The van der Waals surface area contributed by atoms with Gasteiger partial charge in [-0.2, -0.15) is 0 Å². The standard InChI is InChI=1S/C16H17BrFNOS/c1-10-11(6-14(21-10)8-19-13-3-4-13)9-20-16-7-12(17)2-5-15(16)18/h2,5-7,13,19H,3-4,8-9H2,1H3. The van der Waals surface area contributed by atoms with Crippen LogP contribution in [0.5, 0.6) is 5.75 Å². The Labute approximate surface area is 136 Å². The van der Waals surface area contributed by atoms with Crippen molar-refractivity contribution in [3.05, 3.63) is 49.9 Å². The molecule has 0 saturated heterocycles.